The summed E-state index contributed by atoms with van der Waals surface area (Å²) in [6.07, 6.45) is 7.80. The number of hydrogen-bond donors (Lipinski definition) is 2. The molecule has 0 aliphatic carbocycles. The molecular formula is C70H86Cl2Cs2F11N14O7P19. The summed E-state index contributed by atoms with van der Waals surface area (Å²) in [4.78, 5) is 91.4. The van der Waals surface area contributed by atoms with Crippen LogP contribution in [-0.4, -0.2) is 101 Å². The maximum absolute atomic E-state index is 13.7. The molecule has 0 spiro atoms. The van der Waals surface area contributed by atoms with E-state index in [1.54, 1.807) is 18.2 Å². The fourth-order valence-electron chi connectivity index (χ4n) is 11.2. The average molecular weight is 2370 g/mol. The van der Waals surface area contributed by atoms with Gasteiger partial charge in [0.25, 0.3) is 28.7 Å². The van der Waals surface area contributed by atoms with Gasteiger partial charge >= 0.3 is 138 Å². The first-order valence-corrected chi connectivity index (χ1v) is 68.5. The second kappa shape index (κ2) is 64.2. The second-order valence-electron chi connectivity index (χ2n) is 24.5. The number of imidazole rings is 3. The first-order valence-electron chi connectivity index (χ1n) is 35.9. The zero-order valence-corrected chi connectivity index (χ0v) is 101. The van der Waals surface area contributed by atoms with E-state index >= 15 is 0 Å². The van der Waals surface area contributed by atoms with Crippen molar-refractivity contribution >= 4 is 263 Å². The fourth-order valence-corrected chi connectivity index (χ4v) is 159. The molecule has 55 heteroatoms. The summed E-state index contributed by atoms with van der Waals surface area (Å²) in [5, 5.41) is 8.43. The summed E-state index contributed by atoms with van der Waals surface area (Å²) in [6.45, 7) is 1.72. The summed E-state index contributed by atoms with van der Waals surface area (Å²) < 4.78 is 154. The van der Waals surface area contributed by atoms with E-state index in [-0.39, 0.29) is 260 Å². The monoisotopic (exact) mass is 2370 g/mol. The van der Waals surface area contributed by atoms with Crippen LogP contribution in [0.5, 0.6) is 0 Å². The Morgan fingerprint density at radius 2 is 0.768 bits per heavy atom. The number of nitrogens with one attached hydrogen (secondary N) is 2. The predicted molar refractivity (Wildman–Crippen MR) is 535 cm³/mol. The molecule has 0 radical (unpaired) electrons. The molecular weight excluding hydrogens is 2280 g/mol. The number of benzene rings is 7. The number of carbonyl (C=O) groups is 1. The van der Waals surface area contributed by atoms with E-state index in [0.29, 0.717) is 148 Å². The third kappa shape index (κ3) is 39.1. The molecule has 7 aromatic heterocycles. The summed E-state index contributed by atoms with van der Waals surface area (Å²) in [5.41, 5.74) is 6.07. The number of fused-ring (bicyclic) bond motifs is 7. The summed E-state index contributed by atoms with van der Waals surface area (Å²) in [7, 11) is 32.3. The summed E-state index contributed by atoms with van der Waals surface area (Å²) in [5.74, 6) is -0.781. The molecule has 12 atom stereocenters. The van der Waals surface area contributed by atoms with Crippen LogP contribution in [0, 0.1) is 40.7 Å². The number of unbranched alkanes of at least 4 members (excludes halogenated alkanes) is 3. The number of nitrogens with zero attached hydrogens (tertiary/aromatic N) is 12. The quantitative estimate of drug-likeness (QED) is 0.0108. The number of H-pyrrole nitrogens is 2. The maximum Gasteiger partial charge on any atom is 1.00 e. The number of hydrogen-bond acceptors (Lipinski definition) is 14. The predicted octanol–water partition coefficient (Wildman–Crippen LogP) is 17.2. The number of alkyl halides is 5. The average Bonchev–Trinajstić information content (AvgIpc) is 1.64. The van der Waals surface area contributed by atoms with Gasteiger partial charge in [-0.25, -0.2) is 65.6 Å². The number of aryl methyl sites for hydroxylation is 3. The Morgan fingerprint density at radius 1 is 0.448 bits per heavy atom. The van der Waals surface area contributed by atoms with Crippen molar-refractivity contribution in [3.63, 3.8) is 0 Å². The molecule has 12 unspecified atom stereocenters. The molecule has 666 valence electrons. The largest absolute Gasteiger partial charge is 1.00 e. The molecule has 14 rings (SSSR count). The van der Waals surface area contributed by atoms with Gasteiger partial charge < -0.3 is 35.2 Å². The SMILES string of the molecule is Cl.FCCCCn1c(CCl)nc2cc(F)ccc21.O=CO[O-].O=c1cnc2cc(F)ccc2[nH]1.O=c1cnc2cc(F)ccc2n1Cc1nc2cc(F)ccc2n1CCCCF.O=c1cnc2ccc(F)cc2[nH]1.O=c1cnc2ccc(F)cc2n1Cc1nc2cc(F)ccc2n1CCCCF.PP(P)P(P(P)P)P(P)P.PPP(P(P)P)P(P)P.[2H]CF.[Cs+].[Cs+].[H-]. The number of aromatic amines is 2. The van der Waals surface area contributed by atoms with Crippen LogP contribution < -0.4 is 165 Å². The van der Waals surface area contributed by atoms with Gasteiger partial charge in [-0.15, -0.1) is 122 Å². The standard InChI is InChI=1S/2C20H17F3N4O.C12H13ClF2N2.2C8H5FN2O.CH3F.CH2O3.ClH.2Cs.H12P10.H11P9.H/c21-7-1-2-8-26-17-6-4-13(22)9-16(17)25-19(26)12-27-18-10-14(23)3-5-15(18)24-11-20(27)28;21-7-1-2-8-26-18-6-4-14(23)10-16(18)25-19(26)12-27-17-5-3-13(22)9-15(17)24-11-20(27)28;13-8-12-16-10-7-9(15)3-4-11(10)17(12)6-2-1-5-14;9-5-1-2-6-7(3-5)10-4-8(12)11-6;9-5-1-2-6-7(3-5)11-8(12)4-10-6;1-2;2-1-4-3;;;;1-7(2)10(8(3)4)9(5)6;1-6-9(7(2)3)8(4)5;/h2*3-6,9-11H,1-2,7-8,12H2;3-4,7H,1-2,5-6,8H2;2*1-4H,(H,11,12);1H3;1,3H;1H;;;1-6H2;6H,1-5H2;/q;;;;;;;;2*+1;;;-1/p-1/i;;;;;1D;;;;;;;. The summed E-state index contributed by atoms with van der Waals surface area (Å²) in [6, 6.07) is 29.2. The van der Waals surface area contributed by atoms with Gasteiger partial charge in [-0.2, -0.15) is 0 Å². The number of rotatable bonds is 24. The maximum atomic E-state index is 13.7. The second-order valence-corrected chi connectivity index (χ2v) is 92.0. The van der Waals surface area contributed by atoms with Gasteiger partial charge in [0, 0.05) is 50.0 Å². The van der Waals surface area contributed by atoms with E-state index in [1.807, 2.05) is 13.7 Å². The molecule has 0 saturated carbocycles. The molecule has 0 aliphatic heterocycles. The minimum absolute atomic E-state index is 0. The van der Waals surface area contributed by atoms with Gasteiger partial charge in [0.1, 0.15) is 58.2 Å². The van der Waals surface area contributed by atoms with Gasteiger partial charge in [0.15, 0.2) is 0 Å². The van der Waals surface area contributed by atoms with Gasteiger partial charge in [0.05, 0.1) is 150 Å². The minimum atomic E-state index is -1.00. The van der Waals surface area contributed by atoms with Crippen molar-refractivity contribution in [3.05, 3.63) is 252 Å². The van der Waals surface area contributed by atoms with Crippen LogP contribution >= 0.6 is 179 Å². The fraction of sp³-hybridized carbons (Fsp3) is 0.229. The Labute approximate surface area is 878 Å². The van der Waals surface area contributed by atoms with Crippen LogP contribution in [0.25, 0.3) is 77.2 Å². The van der Waals surface area contributed by atoms with E-state index in [1.165, 1.54) is 131 Å². The van der Waals surface area contributed by atoms with Crippen LogP contribution in [0.1, 0.15) is 58.8 Å². The molecule has 0 fully saturated rings. The Kier molecular flexibility index (Phi) is 60.8. The van der Waals surface area contributed by atoms with Crippen molar-refractivity contribution in [1.29, 1.82) is 0 Å². The smallest absolute Gasteiger partial charge is 1.00 e. The van der Waals surface area contributed by atoms with Crippen LogP contribution in [0.3, 0.4) is 0 Å². The van der Waals surface area contributed by atoms with E-state index in [4.69, 9.17) is 23.0 Å². The summed E-state index contributed by atoms with van der Waals surface area (Å²) >= 11 is 5.80. The van der Waals surface area contributed by atoms with Crippen molar-refractivity contribution < 1.29 is 204 Å². The first kappa shape index (κ1) is 118. The molecule has 125 heavy (non-hydrogen) atoms. The Hall–Kier alpha value is 1.02. The molecule has 21 nitrogen and oxygen atoms in total. The molecule has 0 bridgehead atoms. The van der Waals surface area contributed by atoms with Crippen molar-refractivity contribution in [1.82, 2.24) is 67.7 Å². The van der Waals surface area contributed by atoms with Gasteiger partial charge in [-0.05, 0) is 184 Å². The Morgan fingerprint density at radius 3 is 1.14 bits per heavy atom. The van der Waals surface area contributed by atoms with E-state index < -0.39 is 49.3 Å². The van der Waals surface area contributed by atoms with Crippen molar-refractivity contribution in [2.45, 2.75) is 77.1 Å². The molecule has 7 heterocycles. The molecule has 7 aromatic carbocycles. The normalized spacial score (nSPS) is 11.0. The topological polar surface area (TPSA) is 264 Å². The van der Waals surface area contributed by atoms with Crippen LogP contribution in [0.2, 0.25) is 0 Å². The molecule has 2 N–H and O–H groups in total. The van der Waals surface area contributed by atoms with Crippen LogP contribution in [-0.2, 0) is 48.3 Å². The molecule has 0 amide bonds. The van der Waals surface area contributed by atoms with Crippen LogP contribution in [0.4, 0.5) is 48.3 Å². The van der Waals surface area contributed by atoms with E-state index in [9.17, 15) is 67.5 Å². The number of aromatic nitrogens is 14. The van der Waals surface area contributed by atoms with Gasteiger partial charge in [-0.3, -0.25) is 50.7 Å². The van der Waals surface area contributed by atoms with E-state index in [2.05, 4.69) is 148 Å². The zero-order chi connectivity index (χ0) is 90.6. The Bertz CT molecular complexity index is 5990. The van der Waals surface area contributed by atoms with E-state index in [0.717, 1.165) is 32.3 Å². The first-order chi connectivity index (χ1) is 58.8. The zero-order valence-electron chi connectivity index (χ0n) is 68.5. The molecule has 0 saturated heterocycles. The Balaban J connectivity index is 0.000000513. The van der Waals surface area contributed by atoms with Crippen LogP contribution in [0.15, 0.2) is 171 Å². The van der Waals surface area contributed by atoms with Crippen molar-refractivity contribution in [2.24, 2.45) is 0 Å². The third-order valence-corrected chi connectivity index (χ3v) is 110. The van der Waals surface area contributed by atoms with Crippen molar-refractivity contribution in [2.75, 3.05) is 27.2 Å². The number of carbonyl (C=O) groups excluding carboxylic acids is 1. The minimum Gasteiger partial charge on any atom is -1.00 e. The molecule has 14 aromatic rings. The molecule has 0 aliphatic rings. The van der Waals surface area contributed by atoms with Crippen molar-refractivity contribution in [3.8, 4) is 0 Å². The third-order valence-electron chi connectivity index (χ3n) is 16.3. The van der Waals surface area contributed by atoms with Gasteiger partial charge in [-0.1, -0.05) is 7.96 Å². The number of halogens is 13. The van der Waals surface area contributed by atoms with Gasteiger partial charge in [0.2, 0.25) is 0 Å².